The predicted octanol–water partition coefficient (Wildman–Crippen LogP) is 3.41. The molecular formula is C19H17N5. The molecule has 0 spiro atoms. The van der Waals surface area contributed by atoms with Crippen molar-refractivity contribution in [3.05, 3.63) is 60.4 Å². The molecule has 1 aromatic carbocycles. The Kier molecular flexibility index (Phi) is 3.72. The molecule has 0 saturated carbocycles. The number of pyridine rings is 1. The Morgan fingerprint density at radius 3 is 2.71 bits per heavy atom. The van der Waals surface area contributed by atoms with Crippen LogP contribution < -0.4 is 0 Å². The van der Waals surface area contributed by atoms with Gasteiger partial charge in [0, 0.05) is 42.0 Å². The Bertz CT molecular complexity index is 878. The van der Waals surface area contributed by atoms with Gasteiger partial charge in [0.1, 0.15) is 0 Å². The number of aromatic amines is 1. The Balaban J connectivity index is 1.60. The highest BCUT2D eigenvalue weighted by Crippen LogP contribution is 2.29. The number of aromatic nitrogens is 3. The number of nitrogens with zero attached hydrogens (tertiary/aromatic N) is 4. The largest absolute Gasteiger partial charge is 0.310 e. The van der Waals surface area contributed by atoms with Gasteiger partial charge < -0.3 is 4.90 Å². The number of likely N-dealkylation sites (tertiary alicyclic amines) is 1. The summed E-state index contributed by atoms with van der Waals surface area (Å²) in [6.07, 6.45) is 5.01. The molecule has 1 N–H and O–H groups in total. The highest BCUT2D eigenvalue weighted by Gasteiger charge is 2.24. The van der Waals surface area contributed by atoms with Crippen LogP contribution in [0.1, 0.15) is 18.0 Å². The molecule has 3 aromatic rings. The molecule has 0 bridgehead atoms. The fraction of sp³-hybridized carbons (Fsp3) is 0.211. The van der Waals surface area contributed by atoms with E-state index in [4.69, 9.17) is 5.26 Å². The third-order valence-electron chi connectivity index (χ3n) is 4.49. The lowest BCUT2D eigenvalue weighted by Crippen LogP contribution is -2.12. The van der Waals surface area contributed by atoms with E-state index >= 15 is 0 Å². The van der Waals surface area contributed by atoms with E-state index in [-0.39, 0.29) is 0 Å². The van der Waals surface area contributed by atoms with Gasteiger partial charge in [-0.25, -0.2) is 0 Å². The molecule has 1 aliphatic heterocycles. The van der Waals surface area contributed by atoms with Crippen LogP contribution in [0.3, 0.4) is 0 Å². The molecule has 2 aromatic heterocycles. The molecule has 1 fully saturated rings. The molecule has 0 aliphatic carbocycles. The van der Waals surface area contributed by atoms with Crippen molar-refractivity contribution >= 4 is 0 Å². The minimum atomic E-state index is 0.352. The lowest BCUT2D eigenvalue weighted by molar-refractivity contribution is 0.478. The molecule has 118 valence electrons. The number of H-pyrrole nitrogens is 1. The number of nitrogens with one attached hydrogen (secondary N) is 1. The molecule has 3 heterocycles. The van der Waals surface area contributed by atoms with Crippen LogP contribution in [0.25, 0.3) is 22.5 Å². The summed E-state index contributed by atoms with van der Waals surface area (Å²) in [5.41, 5.74) is 5.13. The Morgan fingerprint density at radius 2 is 1.96 bits per heavy atom. The maximum absolute atomic E-state index is 9.00. The second-order valence-electron chi connectivity index (χ2n) is 6.04. The van der Waals surface area contributed by atoms with E-state index in [1.807, 2.05) is 24.3 Å². The van der Waals surface area contributed by atoms with Gasteiger partial charge in [-0.1, -0.05) is 24.3 Å². The first kappa shape index (κ1) is 14.5. The van der Waals surface area contributed by atoms with Gasteiger partial charge in [-0.2, -0.15) is 10.4 Å². The van der Waals surface area contributed by atoms with E-state index in [2.05, 4.69) is 45.6 Å². The zero-order valence-electron chi connectivity index (χ0n) is 13.2. The van der Waals surface area contributed by atoms with Gasteiger partial charge in [0.15, 0.2) is 6.19 Å². The van der Waals surface area contributed by atoms with Crippen LogP contribution in [0, 0.1) is 11.5 Å². The fourth-order valence-electron chi connectivity index (χ4n) is 3.17. The van der Waals surface area contributed by atoms with Crippen LogP contribution in [-0.2, 0) is 0 Å². The number of benzene rings is 1. The zero-order chi connectivity index (χ0) is 16.4. The number of hydrogen-bond donors (Lipinski definition) is 1. The molecule has 0 radical (unpaired) electrons. The average Bonchev–Trinajstić information content (AvgIpc) is 3.32. The summed E-state index contributed by atoms with van der Waals surface area (Å²) in [7, 11) is 0. The van der Waals surface area contributed by atoms with Crippen molar-refractivity contribution in [1.82, 2.24) is 20.1 Å². The van der Waals surface area contributed by atoms with Crippen LogP contribution >= 0.6 is 0 Å². The molecule has 1 unspecified atom stereocenters. The normalized spacial score (nSPS) is 17.0. The predicted molar refractivity (Wildman–Crippen MR) is 91.8 cm³/mol. The average molecular weight is 315 g/mol. The van der Waals surface area contributed by atoms with Crippen molar-refractivity contribution < 1.29 is 0 Å². The van der Waals surface area contributed by atoms with Crippen molar-refractivity contribution in [2.75, 3.05) is 13.1 Å². The van der Waals surface area contributed by atoms with Crippen LogP contribution in [-0.4, -0.2) is 33.2 Å². The fourth-order valence-corrected chi connectivity index (χ4v) is 3.17. The van der Waals surface area contributed by atoms with E-state index in [1.54, 1.807) is 11.1 Å². The minimum Gasteiger partial charge on any atom is -0.310 e. The first-order valence-electron chi connectivity index (χ1n) is 8.05. The summed E-state index contributed by atoms with van der Waals surface area (Å²) in [6.45, 7) is 1.59. The highest BCUT2D eigenvalue weighted by atomic mass is 15.2. The van der Waals surface area contributed by atoms with Crippen molar-refractivity contribution in [2.45, 2.75) is 12.3 Å². The van der Waals surface area contributed by atoms with E-state index in [9.17, 15) is 0 Å². The molecule has 5 nitrogen and oxygen atoms in total. The van der Waals surface area contributed by atoms with E-state index in [1.165, 1.54) is 0 Å². The van der Waals surface area contributed by atoms with Crippen LogP contribution in [0.2, 0.25) is 0 Å². The van der Waals surface area contributed by atoms with Gasteiger partial charge in [0.2, 0.25) is 0 Å². The quantitative estimate of drug-likeness (QED) is 0.752. The SMILES string of the molecule is N#CN1CCC(c2cc(-c3cccc(-c4ccccn4)c3)n[nH]2)C1. The van der Waals surface area contributed by atoms with Crippen LogP contribution in [0.15, 0.2) is 54.7 Å². The molecule has 1 aliphatic rings. The third kappa shape index (κ3) is 2.74. The molecule has 1 saturated heterocycles. The first-order chi connectivity index (χ1) is 11.8. The van der Waals surface area contributed by atoms with Crippen LogP contribution in [0.4, 0.5) is 0 Å². The number of rotatable bonds is 3. The van der Waals surface area contributed by atoms with E-state index in [0.29, 0.717) is 5.92 Å². The van der Waals surface area contributed by atoms with Crippen molar-refractivity contribution in [2.24, 2.45) is 0 Å². The van der Waals surface area contributed by atoms with E-state index < -0.39 is 0 Å². The molecule has 0 amide bonds. The van der Waals surface area contributed by atoms with Gasteiger partial charge in [-0.15, -0.1) is 0 Å². The number of nitriles is 1. The topological polar surface area (TPSA) is 68.6 Å². The lowest BCUT2D eigenvalue weighted by atomic mass is 10.0. The third-order valence-corrected chi connectivity index (χ3v) is 4.49. The summed E-state index contributed by atoms with van der Waals surface area (Å²) in [5.74, 6) is 0.352. The second kappa shape index (κ2) is 6.17. The standard InChI is InChI=1S/C19H17N5/c20-13-24-9-7-16(12-24)19-11-18(22-23-19)15-5-3-4-14(10-15)17-6-1-2-8-21-17/h1-6,8,10-11,16H,7,9,12H2,(H,22,23). The summed E-state index contributed by atoms with van der Waals surface area (Å²) in [6, 6.07) is 16.3. The maximum Gasteiger partial charge on any atom is 0.179 e. The van der Waals surface area contributed by atoms with Crippen molar-refractivity contribution in [3.63, 3.8) is 0 Å². The van der Waals surface area contributed by atoms with Gasteiger partial charge in [-0.05, 0) is 30.7 Å². The Hall–Kier alpha value is -3.13. The smallest absolute Gasteiger partial charge is 0.179 e. The molecular weight excluding hydrogens is 298 g/mol. The maximum atomic E-state index is 9.00. The van der Waals surface area contributed by atoms with Gasteiger partial charge in [0.05, 0.1) is 11.4 Å². The Labute approximate surface area is 140 Å². The highest BCUT2D eigenvalue weighted by molar-refractivity contribution is 5.69. The summed E-state index contributed by atoms with van der Waals surface area (Å²) in [4.78, 5) is 6.20. The van der Waals surface area contributed by atoms with Gasteiger partial charge in [-0.3, -0.25) is 10.1 Å². The first-order valence-corrected chi connectivity index (χ1v) is 8.05. The Morgan fingerprint density at radius 1 is 1.08 bits per heavy atom. The molecule has 4 rings (SSSR count). The summed E-state index contributed by atoms with van der Waals surface area (Å²) in [5, 5.41) is 16.6. The zero-order valence-corrected chi connectivity index (χ0v) is 13.2. The molecule has 24 heavy (non-hydrogen) atoms. The molecule has 5 heteroatoms. The van der Waals surface area contributed by atoms with E-state index in [0.717, 1.165) is 47.7 Å². The minimum absolute atomic E-state index is 0.352. The monoisotopic (exact) mass is 315 g/mol. The van der Waals surface area contributed by atoms with Gasteiger partial charge >= 0.3 is 0 Å². The van der Waals surface area contributed by atoms with Crippen molar-refractivity contribution in [1.29, 1.82) is 5.26 Å². The summed E-state index contributed by atoms with van der Waals surface area (Å²) >= 11 is 0. The van der Waals surface area contributed by atoms with Gasteiger partial charge in [0.25, 0.3) is 0 Å². The number of hydrogen-bond acceptors (Lipinski definition) is 4. The van der Waals surface area contributed by atoms with Crippen LogP contribution in [0.5, 0.6) is 0 Å². The van der Waals surface area contributed by atoms with Crippen molar-refractivity contribution in [3.8, 4) is 28.7 Å². The lowest BCUT2D eigenvalue weighted by Gasteiger charge is -2.06. The molecule has 1 atom stereocenters. The second-order valence-corrected chi connectivity index (χ2v) is 6.04. The summed E-state index contributed by atoms with van der Waals surface area (Å²) < 4.78 is 0.